The fourth-order valence-electron chi connectivity index (χ4n) is 1.21. The van der Waals surface area contributed by atoms with Gasteiger partial charge in [-0.1, -0.05) is 12.2 Å². The van der Waals surface area contributed by atoms with Crippen molar-refractivity contribution in [3.63, 3.8) is 0 Å². The first-order valence-electron chi connectivity index (χ1n) is 4.69. The van der Waals surface area contributed by atoms with Crippen LogP contribution in [0.5, 0.6) is 0 Å². The molecule has 104 valence electrons. The molecule has 2 nitrogen and oxygen atoms in total. The van der Waals surface area contributed by atoms with E-state index in [1.165, 1.54) is 0 Å². The standard InChI is InChI=1S/C10H11F6NO/c1-3-5-17(6-4-2)8(18)7(9(11,12)13)10(14,15)16/h3-4,7H,1-2,5-6H2. The predicted molar refractivity (Wildman–Crippen MR) is 52.6 cm³/mol. The Morgan fingerprint density at radius 2 is 1.33 bits per heavy atom. The monoisotopic (exact) mass is 275 g/mol. The summed E-state index contributed by atoms with van der Waals surface area (Å²) in [6.45, 7) is 5.47. The molecular formula is C10H11F6NO. The molecule has 0 saturated heterocycles. The SMILES string of the molecule is C=CCN(CC=C)C(=O)C(C(F)(F)F)C(F)(F)F. The smallest absolute Gasteiger partial charge is 0.334 e. The van der Waals surface area contributed by atoms with Gasteiger partial charge in [0.1, 0.15) is 0 Å². The summed E-state index contributed by atoms with van der Waals surface area (Å²) in [5.41, 5.74) is 0. The summed E-state index contributed by atoms with van der Waals surface area (Å²) < 4.78 is 73.7. The molecule has 0 aromatic rings. The molecule has 0 atom stereocenters. The summed E-state index contributed by atoms with van der Waals surface area (Å²) >= 11 is 0. The summed E-state index contributed by atoms with van der Waals surface area (Å²) in [6.07, 6.45) is -9.30. The molecule has 0 spiro atoms. The van der Waals surface area contributed by atoms with Gasteiger partial charge in [-0.2, -0.15) is 26.3 Å². The zero-order chi connectivity index (χ0) is 14.6. The third-order valence-corrected chi connectivity index (χ3v) is 1.91. The van der Waals surface area contributed by atoms with Gasteiger partial charge in [0.25, 0.3) is 0 Å². The van der Waals surface area contributed by atoms with Crippen LogP contribution < -0.4 is 0 Å². The number of rotatable bonds is 5. The topological polar surface area (TPSA) is 20.3 Å². The molecule has 8 heteroatoms. The van der Waals surface area contributed by atoms with Gasteiger partial charge in [0.15, 0.2) is 0 Å². The zero-order valence-corrected chi connectivity index (χ0v) is 9.18. The molecule has 0 unspecified atom stereocenters. The molecule has 0 aromatic heterocycles. The summed E-state index contributed by atoms with van der Waals surface area (Å²) in [4.78, 5) is 11.7. The lowest BCUT2D eigenvalue weighted by Crippen LogP contribution is -2.49. The third-order valence-electron chi connectivity index (χ3n) is 1.91. The first-order chi connectivity index (χ1) is 8.05. The van der Waals surface area contributed by atoms with Gasteiger partial charge < -0.3 is 4.90 Å². The Hall–Kier alpha value is -1.47. The summed E-state index contributed by atoms with van der Waals surface area (Å²) in [7, 11) is 0. The van der Waals surface area contributed by atoms with Crippen LogP contribution in [0.3, 0.4) is 0 Å². The predicted octanol–water partition coefficient (Wildman–Crippen LogP) is 2.93. The number of carbonyl (C=O) groups is 1. The highest BCUT2D eigenvalue weighted by molar-refractivity contribution is 5.80. The summed E-state index contributed by atoms with van der Waals surface area (Å²) in [5, 5.41) is 0. The van der Waals surface area contributed by atoms with Crippen LogP contribution in [0, 0.1) is 5.92 Å². The molecule has 0 aliphatic heterocycles. The molecule has 0 aliphatic carbocycles. The Morgan fingerprint density at radius 1 is 1.00 bits per heavy atom. The average Bonchev–Trinajstić information content (AvgIpc) is 2.12. The van der Waals surface area contributed by atoms with Crippen molar-refractivity contribution in [3.05, 3.63) is 25.3 Å². The molecule has 0 N–H and O–H groups in total. The molecule has 0 radical (unpaired) electrons. The second-order valence-corrected chi connectivity index (χ2v) is 3.34. The van der Waals surface area contributed by atoms with Gasteiger partial charge in [0.2, 0.25) is 11.8 Å². The highest BCUT2D eigenvalue weighted by atomic mass is 19.4. The van der Waals surface area contributed by atoms with Crippen LogP contribution in [0.15, 0.2) is 25.3 Å². The number of halogens is 6. The van der Waals surface area contributed by atoms with E-state index in [0.29, 0.717) is 4.90 Å². The van der Waals surface area contributed by atoms with Crippen molar-refractivity contribution in [3.8, 4) is 0 Å². The van der Waals surface area contributed by atoms with Gasteiger partial charge >= 0.3 is 12.4 Å². The van der Waals surface area contributed by atoms with Crippen LogP contribution in [0.25, 0.3) is 0 Å². The number of hydrogen-bond acceptors (Lipinski definition) is 1. The minimum Gasteiger partial charge on any atom is -0.334 e. The van der Waals surface area contributed by atoms with E-state index in [2.05, 4.69) is 13.2 Å². The molecule has 0 saturated carbocycles. The third kappa shape index (κ3) is 4.42. The Labute approximate surface area is 99.6 Å². The van der Waals surface area contributed by atoms with Crippen molar-refractivity contribution in [2.45, 2.75) is 12.4 Å². The molecule has 0 heterocycles. The Morgan fingerprint density at radius 3 is 1.56 bits per heavy atom. The van der Waals surface area contributed by atoms with Gasteiger partial charge in [-0.15, -0.1) is 13.2 Å². The molecule has 1 amide bonds. The minimum absolute atomic E-state index is 0.381. The molecular weight excluding hydrogens is 264 g/mol. The Kier molecular flexibility index (Phi) is 5.44. The van der Waals surface area contributed by atoms with Crippen LogP contribution >= 0.6 is 0 Å². The lowest BCUT2D eigenvalue weighted by atomic mass is 10.1. The maximum atomic E-state index is 12.3. The fraction of sp³-hybridized carbons (Fsp3) is 0.500. The summed E-state index contributed by atoms with van der Waals surface area (Å²) in [6, 6.07) is 0. The molecule has 0 aliphatic rings. The van der Waals surface area contributed by atoms with E-state index in [9.17, 15) is 31.1 Å². The second kappa shape index (κ2) is 5.92. The van der Waals surface area contributed by atoms with Crippen LogP contribution in [0.1, 0.15) is 0 Å². The van der Waals surface area contributed by atoms with E-state index >= 15 is 0 Å². The van der Waals surface area contributed by atoms with Gasteiger partial charge in [-0.3, -0.25) is 4.79 Å². The maximum Gasteiger partial charge on any atom is 0.409 e. The number of amides is 1. The van der Waals surface area contributed by atoms with E-state index in [-0.39, 0.29) is 0 Å². The van der Waals surface area contributed by atoms with E-state index in [4.69, 9.17) is 0 Å². The first kappa shape index (κ1) is 16.5. The Bertz CT molecular complexity index is 295. The Balaban J connectivity index is 5.29. The van der Waals surface area contributed by atoms with Crippen molar-refractivity contribution < 1.29 is 31.1 Å². The van der Waals surface area contributed by atoms with Crippen molar-refractivity contribution >= 4 is 5.91 Å². The van der Waals surface area contributed by atoms with Gasteiger partial charge in [-0.05, 0) is 0 Å². The van der Waals surface area contributed by atoms with E-state index in [0.717, 1.165) is 12.2 Å². The van der Waals surface area contributed by atoms with Crippen LogP contribution in [0.2, 0.25) is 0 Å². The lowest BCUT2D eigenvalue weighted by Gasteiger charge is -2.28. The van der Waals surface area contributed by atoms with Crippen molar-refractivity contribution in [2.75, 3.05) is 13.1 Å². The maximum absolute atomic E-state index is 12.3. The molecule has 0 fully saturated rings. The first-order valence-corrected chi connectivity index (χ1v) is 4.69. The minimum atomic E-state index is -5.68. The van der Waals surface area contributed by atoms with E-state index < -0.39 is 37.3 Å². The van der Waals surface area contributed by atoms with Crippen LogP contribution in [-0.2, 0) is 4.79 Å². The number of hydrogen-bond donors (Lipinski definition) is 0. The van der Waals surface area contributed by atoms with E-state index in [1.807, 2.05) is 0 Å². The molecule has 0 bridgehead atoms. The average molecular weight is 275 g/mol. The molecule has 18 heavy (non-hydrogen) atoms. The largest absolute Gasteiger partial charge is 0.409 e. The highest BCUT2D eigenvalue weighted by Gasteiger charge is 2.61. The summed E-state index contributed by atoms with van der Waals surface area (Å²) in [5.74, 6) is -6.08. The fourth-order valence-corrected chi connectivity index (χ4v) is 1.21. The van der Waals surface area contributed by atoms with Crippen molar-refractivity contribution in [2.24, 2.45) is 5.92 Å². The molecule has 0 rings (SSSR count). The normalized spacial score (nSPS) is 12.4. The van der Waals surface area contributed by atoms with Gasteiger partial charge in [0, 0.05) is 13.1 Å². The quantitative estimate of drug-likeness (QED) is 0.558. The van der Waals surface area contributed by atoms with Gasteiger partial charge in [0.05, 0.1) is 0 Å². The lowest BCUT2D eigenvalue weighted by molar-refractivity contribution is -0.277. The zero-order valence-electron chi connectivity index (χ0n) is 9.18. The van der Waals surface area contributed by atoms with E-state index in [1.54, 1.807) is 0 Å². The number of alkyl halides is 6. The number of nitrogens with zero attached hydrogens (tertiary/aromatic N) is 1. The van der Waals surface area contributed by atoms with Crippen LogP contribution in [-0.4, -0.2) is 36.2 Å². The second-order valence-electron chi connectivity index (χ2n) is 3.34. The van der Waals surface area contributed by atoms with Crippen LogP contribution in [0.4, 0.5) is 26.3 Å². The molecule has 0 aromatic carbocycles. The van der Waals surface area contributed by atoms with Crippen molar-refractivity contribution in [1.82, 2.24) is 4.90 Å². The van der Waals surface area contributed by atoms with Gasteiger partial charge in [-0.25, -0.2) is 0 Å². The number of carbonyl (C=O) groups excluding carboxylic acids is 1. The van der Waals surface area contributed by atoms with Crippen molar-refractivity contribution in [1.29, 1.82) is 0 Å². The highest BCUT2D eigenvalue weighted by Crippen LogP contribution is 2.40.